The molecule has 0 rings (SSSR count). The number of hydrogen-bond acceptors (Lipinski definition) is 0. The van der Waals surface area contributed by atoms with Crippen molar-refractivity contribution >= 4 is 14.2 Å². The quantitative estimate of drug-likeness (QED) is 0.523. The van der Waals surface area contributed by atoms with Gasteiger partial charge in [0.1, 0.15) is 0 Å². The summed E-state index contributed by atoms with van der Waals surface area (Å²) in [7, 11) is 0. The number of hydrogen-bond donors (Lipinski definition) is 0. The van der Waals surface area contributed by atoms with Gasteiger partial charge in [-0.3, -0.25) is 0 Å². The monoisotopic (exact) mass is 166 g/mol. The molecule has 0 aliphatic carbocycles. The van der Waals surface area contributed by atoms with Gasteiger partial charge < -0.3 is 0 Å². The molecule has 0 unspecified atom stereocenters. The fraction of sp³-hybridized carbons (Fsp3) is 1.00. The molecule has 0 aliphatic heterocycles. The topological polar surface area (TPSA) is 0 Å². The van der Waals surface area contributed by atoms with Gasteiger partial charge in [0.25, 0.3) is 0 Å². The molecule has 0 saturated heterocycles. The zero-order chi connectivity index (χ0) is 3.41. The zero-order valence-electron chi connectivity index (χ0n) is 2.40. The second-order valence-corrected chi connectivity index (χ2v) is 2.73. The van der Waals surface area contributed by atoms with E-state index in [2.05, 4.69) is 21.1 Å². The average Bonchev–Trinajstić information content (AvgIpc) is 1.37. The molecule has 2 heteroatoms. The molecule has 0 radical (unpaired) electrons. The van der Waals surface area contributed by atoms with E-state index in [-0.39, 0.29) is 0 Å². The van der Waals surface area contributed by atoms with Gasteiger partial charge in [-0.1, -0.05) is 0 Å². The van der Waals surface area contributed by atoms with Crippen molar-refractivity contribution < 1.29 is 12.7 Å². The SMILES string of the molecule is C[CH2][Ni][Br]. The van der Waals surface area contributed by atoms with Gasteiger partial charge >= 0.3 is 39.2 Å². The van der Waals surface area contributed by atoms with Crippen LogP contribution in [0.15, 0.2) is 0 Å². The second-order valence-electron chi connectivity index (χ2n) is 0.308. The molecule has 30 valence electrons. The minimum atomic E-state index is 1.17. The van der Waals surface area contributed by atoms with Gasteiger partial charge in [0.15, 0.2) is 0 Å². The van der Waals surface area contributed by atoms with Crippen molar-refractivity contribution in [2.45, 2.75) is 12.3 Å². The van der Waals surface area contributed by atoms with E-state index in [1.807, 2.05) is 0 Å². The summed E-state index contributed by atoms with van der Waals surface area (Å²) in [5, 5.41) is 1.17. The van der Waals surface area contributed by atoms with Gasteiger partial charge in [-0.25, -0.2) is 0 Å². The van der Waals surface area contributed by atoms with E-state index in [4.69, 9.17) is 0 Å². The molecule has 0 fully saturated rings. The molecule has 0 saturated carbocycles. The van der Waals surface area contributed by atoms with E-state index >= 15 is 0 Å². The minimum absolute atomic E-state index is 1.17. The summed E-state index contributed by atoms with van der Waals surface area (Å²) in [6.07, 6.45) is 0. The maximum absolute atomic E-state index is 3.19. The summed E-state index contributed by atoms with van der Waals surface area (Å²) in [6, 6.07) is 0. The van der Waals surface area contributed by atoms with Crippen LogP contribution >= 0.6 is 14.2 Å². The third-order valence-electron chi connectivity index (χ3n) is 0.0845. The zero-order valence-corrected chi connectivity index (χ0v) is 4.97. The van der Waals surface area contributed by atoms with E-state index in [0.29, 0.717) is 0 Å². The first-order chi connectivity index (χ1) is 1.91. The van der Waals surface area contributed by atoms with Gasteiger partial charge in [-0.05, 0) is 0 Å². The standard InChI is InChI=1S/C2H5.BrH.Ni/c1-2;;/h1H2,2H3;1H;/q;;+1/p-1. The molecular weight excluding hydrogens is 163 g/mol. The Labute approximate surface area is 39.6 Å². The average molecular weight is 168 g/mol. The molecule has 0 spiro atoms. The van der Waals surface area contributed by atoms with Crippen LogP contribution in [0.4, 0.5) is 0 Å². The molecule has 0 bridgehead atoms. The normalized spacial score (nSPS) is 8.50. The molecule has 0 N–H and O–H groups in total. The van der Waals surface area contributed by atoms with Crippen LogP contribution < -0.4 is 0 Å². The van der Waals surface area contributed by atoms with Gasteiger partial charge in [0.2, 0.25) is 0 Å². The Morgan fingerprint density at radius 2 is 2.25 bits per heavy atom. The first-order valence-corrected chi connectivity index (χ1v) is 4.19. The van der Waals surface area contributed by atoms with E-state index < -0.39 is 0 Å². The predicted molar refractivity (Wildman–Crippen MR) is 19.4 cm³/mol. The summed E-state index contributed by atoms with van der Waals surface area (Å²) < 4.78 is 0. The van der Waals surface area contributed by atoms with E-state index in [1.165, 1.54) is 18.1 Å². The summed E-state index contributed by atoms with van der Waals surface area (Å²) in [4.78, 5) is 0. The van der Waals surface area contributed by atoms with Crippen LogP contribution in [0.5, 0.6) is 0 Å². The fourth-order valence-corrected chi connectivity index (χ4v) is 0. The van der Waals surface area contributed by atoms with E-state index in [0.717, 1.165) is 0 Å². The Morgan fingerprint density at radius 3 is 2.25 bits per heavy atom. The Balaban J connectivity index is 1.97. The molecule has 0 aromatic heterocycles. The van der Waals surface area contributed by atoms with E-state index in [1.54, 1.807) is 0 Å². The van der Waals surface area contributed by atoms with E-state index in [9.17, 15) is 0 Å². The Kier molecular flexibility index (Phi) is 4.94. The molecule has 0 aliphatic rings. The third-order valence-corrected chi connectivity index (χ3v) is 1.81. The van der Waals surface area contributed by atoms with Crippen molar-refractivity contribution in [3.8, 4) is 0 Å². The van der Waals surface area contributed by atoms with Crippen LogP contribution in [0, 0.1) is 0 Å². The van der Waals surface area contributed by atoms with Crippen molar-refractivity contribution in [1.29, 1.82) is 0 Å². The molecule has 0 amide bonds. The molecule has 0 atom stereocenters. The molecule has 0 heterocycles. The summed E-state index contributed by atoms with van der Waals surface area (Å²) in [5.41, 5.74) is 0. The van der Waals surface area contributed by atoms with Crippen LogP contribution in [0.1, 0.15) is 6.92 Å². The first kappa shape index (κ1) is 4.97. The van der Waals surface area contributed by atoms with Gasteiger partial charge in [-0.2, -0.15) is 0 Å². The van der Waals surface area contributed by atoms with Crippen LogP contribution in [0.25, 0.3) is 0 Å². The Hall–Kier alpha value is 0.974. The molecule has 4 heavy (non-hydrogen) atoms. The van der Waals surface area contributed by atoms with Crippen LogP contribution in [0.3, 0.4) is 0 Å². The summed E-state index contributed by atoms with van der Waals surface area (Å²) in [5.74, 6) is 0. The Bertz CT molecular complexity index is 8.00. The predicted octanol–water partition coefficient (Wildman–Crippen LogP) is 1.82. The molecule has 0 aromatic rings. The Morgan fingerprint density at radius 1 is 2.00 bits per heavy atom. The van der Waals surface area contributed by atoms with Gasteiger partial charge in [0, 0.05) is 0 Å². The fourth-order valence-electron chi connectivity index (χ4n) is 0. The van der Waals surface area contributed by atoms with Crippen LogP contribution in [0.2, 0.25) is 5.39 Å². The summed E-state index contributed by atoms with van der Waals surface area (Å²) >= 11 is 4.72. The van der Waals surface area contributed by atoms with Gasteiger partial charge in [-0.15, -0.1) is 0 Å². The molecular formula is C2H5BrNi. The van der Waals surface area contributed by atoms with Crippen molar-refractivity contribution in [3.63, 3.8) is 0 Å². The van der Waals surface area contributed by atoms with Gasteiger partial charge in [0.05, 0.1) is 0 Å². The second kappa shape index (κ2) is 3.97. The maximum atomic E-state index is 3.19. The van der Waals surface area contributed by atoms with Crippen molar-refractivity contribution in [1.82, 2.24) is 0 Å². The number of rotatable bonds is 1. The van der Waals surface area contributed by atoms with Crippen molar-refractivity contribution in [2.24, 2.45) is 0 Å². The first-order valence-electron chi connectivity index (χ1n) is 1.05. The number of halogens is 1. The van der Waals surface area contributed by atoms with Crippen molar-refractivity contribution in [2.75, 3.05) is 0 Å². The summed E-state index contributed by atoms with van der Waals surface area (Å²) in [6.45, 7) is 2.11. The van der Waals surface area contributed by atoms with Crippen LogP contribution in [-0.2, 0) is 12.7 Å². The molecule has 0 aromatic carbocycles. The van der Waals surface area contributed by atoms with Crippen LogP contribution in [-0.4, -0.2) is 0 Å². The third kappa shape index (κ3) is 2.97. The van der Waals surface area contributed by atoms with Crippen molar-refractivity contribution in [3.05, 3.63) is 0 Å². The molecule has 0 nitrogen and oxygen atoms in total.